The van der Waals surface area contributed by atoms with Gasteiger partial charge in [-0.3, -0.25) is 19.5 Å². The molecule has 9 nitrogen and oxygen atoms in total. The number of non-ortho nitro benzene ring substituents is 1. The second-order valence-electron chi connectivity index (χ2n) is 7.17. The van der Waals surface area contributed by atoms with Gasteiger partial charge in [0.2, 0.25) is 0 Å². The van der Waals surface area contributed by atoms with Crippen molar-refractivity contribution in [3.8, 4) is 5.75 Å². The van der Waals surface area contributed by atoms with Crippen molar-refractivity contribution in [2.75, 3.05) is 20.0 Å². The summed E-state index contributed by atoms with van der Waals surface area (Å²) < 4.78 is 18.0. The predicted octanol–water partition coefficient (Wildman–Crippen LogP) is 3.89. The van der Waals surface area contributed by atoms with Crippen molar-refractivity contribution in [1.29, 1.82) is 0 Å². The van der Waals surface area contributed by atoms with E-state index in [2.05, 4.69) is 0 Å². The fourth-order valence-corrected chi connectivity index (χ4v) is 4.55. The van der Waals surface area contributed by atoms with Crippen LogP contribution in [0, 0.1) is 10.1 Å². The monoisotopic (exact) mass is 457 g/mol. The quantitative estimate of drug-likeness (QED) is 0.157. The third kappa shape index (κ3) is 4.77. The molecule has 4 rings (SSSR count). The smallest absolute Gasteiger partial charge is 0.270 e. The van der Waals surface area contributed by atoms with E-state index in [-0.39, 0.29) is 24.6 Å². The second-order valence-corrected chi connectivity index (χ2v) is 8.11. The summed E-state index contributed by atoms with van der Waals surface area (Å²) >= 11 is 1.35. The molecular formula is C22H23N3O6S. The maximum atomic E-state index is 13.1. The minimum atomic E-state index is -0.430. The molecule has 0 saturated carbocycles. The van der Waals surface area contributed by atoms with Crippen LogP contribution in [0.3, 0.4) is 0 Å². The molecular weight excluding hydrogens is 434 g/mol. The summed E-state index contributed by atoms with van der Waals surface area (Å²) in [6.07, 6.45) is 0.675. The number of fused-ring (bicyclic) bond motifs is 2. The number of nitro benzene ring substituents is 1. The molecule has 3 aromatic rings. The van der Waals surface area contributed by atoms with Crippen LogP contribution in [0.2, 0.25) is 0 Å². The number of para-hydroxylation sites is 1. The van der Waals surface area contributed by atoms with Crippen LogP contribution in [0.25, 0.3) is 10.9 Å². The fraction of sp³-hybridized carbons (Fsp3) is 0.364. The third-order valence-electron chi connectivity index (χ3n) is 5.04. The van der Waals surface area contributed by atoms with E-state index in [9.17, 15) is 14.9 Å². The molecule has 1 aromatic heterocycles. The lowest BCUT2D eigenvalue weighted by atomic mass is 10.1. The molecule has 0 atom stereocenters. The molecule has 0 N–H and O–H groups in total. The molecule has 1 aliphatic rings. The van der Waals surface area contributed by atoms with E-state index < -0.39 is 4.92 Å². The normalized spacial score (nSPS) is 13.0. The Morgan fingerprint density at radius 1 is 1.31 bits per heavy atom. The maximum Gasteiger partial charge on any atom is 0.270 e. The van der Waals surface area contributed by atoms with Crippen LogP contribution < -0.4 is 10.3 Å². The zero-order valence-electron chi connectivity index (χ0n) is 17.6. The van der Waals surface area contributed by atoms with Crippen LogP contribution >= 0.6 is 11.8 Å². The van der Waals surface area contributed by atoms with Gasteiger partial charge in [-0.05, 0) is 25.5 Å². The van der Waals surface area contributed by atoms with Gasteiger partial charge >= 0.3 is 0 Å². The number of rotatable bonds is 9. The summed E-state index contributed by atoms with van der Waals surface area (Å²) in [7, 11) is 0. The van der Waals surface area contributed by atoms with Crippen molar-refractivity contribution in [3.63, 3.8) is 0 Å². The van der Waals surface area contributed by atoms with E-state index in [1.165, 1.54) is 23.9 Å². The Labute approximate surface area is 188 Å². The molecule has 168 valence electrons. The average molecular weight is 458 g/mol. The highest BCUT2D eigenvalue weighted by atomic mass is 32.2. The van der Waals surface area contributed by atoms with Crippen LogP contribution in [0.1, 0.15) is 24.5 Å². The lowest BCUT2D eigenvalue weighted by molar-refractivity contribution is -0.385. The average Bonchev–Trinajstić information content (AvgIpc) is 2.81. The van der Waals surface area contributed by atoms with Crippen LogP contribution in [0.5, 0.6) is 5.75 Å². The Morgan fingerprint density at radius 2 is 2.16 bits per heavy atom. The molecule has 10 heteroatoms. The zero-order chi connectivity index (χ0) is 22.5. The van der Waals surface area contributed by atoms with Crippen molar-refractivity contribution in [2.45, 2.75) is 37.4 Å². The first kappa shape index (κ1) is 22.3. The summed E-state index contributed by atoms with van der Waals surface area (Å²) in [5.41, 5.74) is 1.80. The number of benzene rings is 2. The van der Waals surface area contributed by atoms with Crippen molar-refractivity contribution >= 4 is 28.4 Å². The molecule has 0 unspecified atom stereocenters. The Morgan fingerprint density at radius 3 is 2.97 bits per heavy atom. The van der Waals surface area contributed by atoms with Crippen LogP contribution in [0.15, 0.2) is 46.3 Å². The topological polar surface area (TPSA) is 106 Å². The summed E-state index contributed by atoms with van der Waals surface area (Å²) in [6, 6.07) is 10.2. The minimum absolute atomic E-state index is 0.0194. The first-order chi connectivity index (χ1) is 15.6. The van der Waals surface area contributed by atoms with Gasteiger partial charge in [0.15, 0.2) is 11.9 Å². The predicted molar refractivity (Wildman–Crippen MR) is 120 cm³/mol. The molecule has 0 radical (unpaired) electrons. The van der Waals surface area contributed by atoms with Gasteiger partial charge < -0.3 is 14.2 Å². The Balaban J connectivity index is 1.67. The van der Waals surface area contributed by atoms with Gasteiger partial charge in [-0.15, -0.1) is 0 Å². The van der Waals surface area contributed by atoms with Crippen molar-refractivity contribution in [1.82, 2.24) is 9.55 Å². The third-order valence-corrected chi connectivity index (χ3v) is 6.07. The lowest BCUT2D eigenvalue weighted by Gasteiger charge is -2.20. The number of nitrogens with zero attached hydrogens (tertiary/aromatic N) is 3. The first-order valence-electron chi connectivity index (χ1n) is 10.3. The van der Waals surface area contributed by atoms with Gasteiger partial charge in [0.25, 0.3) is 11.2 Å². The van der Waals surface area contributed by atoms with Crippen molar-refractivity contribution in [2.24, 2.45) is 0 Å². The summed E-state index contributed by atoms with van der Waals surface area (Å²) in [4.78, 5) is 28.8. The highest BCUT2D eigenvalue weighted by Gasteiger charge is 2.22. The molecule has 2 aromatic carbocycles. The van der Waals surface area contributed by atoms with E-state index in [0.717, 1.165) is 0 Å². The SMILES string of the molecule is CCOCCCn1c(SCc2cc([N+](=O)[O-])cc3c2OCOC3)nc2ccccc2c1=O. The van der Waals surface area contributed by atoms with Gasteiger partial charge in [-0.2, -0.15) is 0 Å². The lowest BCUT2D eigenvalue weighted by Crippen LogP contribution is -2.24. The van der Waals surface area contributed by atoms with Crippen LogP contribution in [-0.2, 0) is 28.4 Å². The van der Waals surface area contributed by atoms with Crippen molar-refractivity contribution < 1.29 is 19.1 Å². The molecule has 32 heavy (non-hydrogen) atoms. The number of thioether (sulfide) groups is 1. The molecule has 0 bridgehead atoms. The Hall–Kier alpha value is -2.95. The van der Waals surface area contributed by atoms with E-state index in [1.54, 1.807) is 16.7 Å². The molecule has 2 heterocycles. The second kappa shape index (κ2) is 10.1. The molecule has 0 amide bonds. The molecule has 1 aliphatic heterocycles. The Kier molecular flexibility index (Phi) is 7.03. The molecule has 0 aliphatic carbocycles. The summed E-state index contributed by atoms with van der Waals surface area (Å²) in [5.74, 6) is 0.959. The highest BCUT2D eigenvalue weighted by molar-refractivity contribution is 7.98. The van der Waals surface area contributed by atoms with E-state index in [1.807, 2.05) is 19.1 Å². The van der Waals surface area contributed by atoms with Crippen LogP contribution in [0.4, 0.5) is 5.69 Å². The molecule has 0 spiro atoms. The standard InChI is InChI=1S/C22H23N3O6S/c1-2-29-9-5-8-24-21(26)18-6-3-4-7-19(18)23-22(24)32-13-16-11-17(25(27)28)10-15-12-30-14-31-20(15)16/h3-4,6-7,10-11H,2,5,8-9,12-14H2,1H3. The van der Waals surface area contributed by atoms with E-state index in [0.29, 0.717) is 64.9 Å². The number of ether oxygens (including phenoxy) is 3. The number of hydrogen-bond donors (Lipinski definition) is 0. The number of hydrogen-bond acceptors (Lipinski definition) is 8. The number of nitro groups is 1. The fourth-order valence-electron chi connectivity index (χ4n) is 3.56. The molecule has 0 saturated heterocycles. The number of aromatic nitrogens is 2. The van der Waals surface area contributed by atoms with Gasteiger partial charge in [-0.1, -0.05) is 23.9 Å². The minimum Gasteiger partial charge on any atom is -0.467 e. The summed E-state index contributed by atoms with van der Waals surface area (Å²) in [6.45, 7) is 3.92. The zero-order valence-corrected chi connectivity index (χ0v) is 18.4. The van der Waals surface area contributed by atoms with Gasteiger partial charge in [0, 0.05) is 48.8 Å². The van der Waals surface area contributed by atoms with E-state index in [4.69, 9.17) is 19.2 Å². The Bertz CT molecular complexity index is 1200. The highest BCUT2D eigenvalue weighted by Crippen LogP contribution is 2.36. The van der Waals surface area contributed by atoms with Crippen molar-refractivity contribution in [3.05, 3.63) is 68.0 Å². The van der Waals surface area contributed by atoms with Gasteiger partial charge in [-0.25, -0.2) is 4.98 Å². The van der Waals surface area contributed by atoms with Gasteiger partial charge in [0.1, 0.15) is 5.75 Å². The van der Waals surface area contributed by atoms with E-state index >= 15 is 0 Å². The summed E-state index contributed by atoms with van der Waals surface area (Å²) in [5, 5.41) is 12.5. The first-order valence-corrected chi connectivity index (χ1v) is 11.3. The van der Waals surface area contributed by atoms with Crippen LogP contribution in [-0.4, -0.2) is 34.5 Å². The maximum absolute atomic E-state index is 13.1. The largest absolute Gasteiger partial charge is 0.467 e. The van der Waals surface area contributed by atoms with Gasteiger partial charge in [0.05, 0.1) is 22.4 Å². The molecule has 0 fully saturated rings.